The molecule has 1 aliphatic heterocycles. The van der Waals surface area contributed by atoms with Crippen molar-refractivity contribution in [2.24, 2.45) is 0 Å². The Morgan fingerprint density at radius 1 is 0.621 bits per heavy atom. The molecule has 4 aromatic carbocycles. The van der Waals surface area contributed by atoms with Crippen molar-refractivity contribution >= 4 is 34.5 Å². The second kappa shape index (κ2) is 7.34. The van der Waals surface area contributed by atoms with Crippen LogP contribution < -0.4 is 9.80 Å². The topological polar surface area (TPSA) is 6.48 Å². The van der Waals surface area contributed by atoms with E-state index in [2.05, 4.69) is 115 Å². The highest BCUT2D eigenvalue weighted by Crippen LogP contribution is 2.48. The van der Waals surface area contributed by atoms with Gasteiger partial charge in [0.05, 0.1) is 11.4 Å². The van der Waals surface area contributed by atoms with Crippen LogP contribution in [0.25, 0.3) is 11.1 Å². The lowest BCUT2D eigenvalue weighted by molar-refractivity contribution is 1.11. The van der Waals surface area contributed by atoms with E-state index in [9.17, 15) is 0 Å². The van der Waals surface area contributed by atoms with Crippen LogP contribution in [0.4, 0.5) is 22.7 Å². The Morgan fingerprint density at radius 2 is 1.31 bits per heavy atom. The molecular weight excluding hydrogens is 372 g/mol. The second-order valence-corrected chi connectivity index (χ2v) is 8.34. The molecule has 142 valence electrons. The van der Waals surface area contributed by atoms with Crippen molar-refractivity contribution in [3.05, 3.63) is 97.1 Å². The van der Waals surface area contributed by atoms with Gasteiger partial charge in [-0.2, -0.15) is 0 Å². The predicted octanol–water partition coefficient (Wildman–Crippen LogP) is 7.35. The van der Waals surface area contributed by atoms with Gasteiger partial charge in [0.1, 0.15) is 0 Å². The molecule has 4 aromatic rings. The van der Waals surface area contributed by atoms with Gasteiger partial charge in [0.15, 0.2) is 0 Å². The summed E-state index contributed by atoms with van der Waals surface area (Å²) < 4.78 is 0. The highest BCUT2D eigenvalue weighted by molar-refractivity contribution is 7.99. The largest absolute Gasteiger partial charge is 0.345 e. The predicted molar refractivity (Wildman–Crippen MR) is 125 cm³/mol. The number of anilines is 4. The molecule has 0 amide bonds. The number of para-hydroxylation sites is 2. The van der Waals surface area contributed by atoms with Crippen molar-refractivity contribution in [1.82, 2.24) is 0 Å². The maximum atomic E-state index is 2.31. The van der Waals surface area contributed by atoms with Gasteiger partial charge in [-0.3, -0.25) is 0 Å². The quantitative estimate of drug-likeness (QED) is 0.358. The highest BCUT2D eigenvalue weighted by atomic mass is 32.2. The average Bonchev–Trinajstić information content (AvgIpc) is 2.79. The minimum absolute atomic E-state index is 1.18. The van der Waals surface area contributed by atoms with Crippen molar-refractivity contribution < 1.29 is 0 Å². The zero-order valence-corrected chi connectivity index (χ0v) is 17.4. The van der Waals surface area contributed by atoms with Crippen LogP contribution in [0.15, 0.2) is 107 Å². The first-order valence-electron chi connectivity index (χ1n) is 9.74. The Labute approximate surface area is 176 Å². The van der Waals surface area contributed by atoms with Gasteiger partial charge in [-0.05, 0) is 59.7 Å². The van der Waals surface area contributed by atoms with E-state index >= 15 is 0 Å². The first kappa shape index (κ1) is 17.9. The van der Waals surface area contributed by atoms with Crippen LogP contribution in [-0.2, 0) is 0 Å². The SMILES string of the molecule is CN(c1ccccc1)c1cccc(-c2ccc3c(c2)N(C)c2ccccc2S3)c1. The van der Waals surface area contributed by atoms with Gasteiger partial charge in [-0.25, -0.2) is 0 Å². The molecule has 0 aliphatic carbocycles. The molecule has 1 aliphatic rings. The van der Waals surface area contributed by atoms with Crippen LogP contribution in [-0.4, -0.2) is 14.1 Å². The van der Waals surface area contributed by atoms with Gasteiger partial charge in [0.2, 0.25) is 0 Å². The maximum absolute atomic E-state index is 2.31. The summed E-state index contributed by atoms with van der Waals surface area (Å²) in [5, 5.41) is 0. The Balaban J connectivity index is 1.51. The van der Waals surface area contributed by atoms with Crippen LogP contribution in [0.2, 0.25) is 0 Å². The zero-order valence-electron chi connectivity index (χ0n) is 16.5. The Kier molecular flexibility index (Phi) is 4.53. The Bertz CT molecular complexity index is 1170. The third-order valence-electron chi connectivity index (χ3n) is 5.48. The highest BCUT2D eigenvalue weighted by Gasteiger charge is 2.20. The normalized spacial score (nSPS) is 12.3. The first-order valence-corrected chi connectivity index (χ1v) is 10.6. The van der Waals surface area contributed by atoms with Crippen LogP contribution in [0.3, 0.4) is 0 Å². The van der Waals surface area contributed by atoms with Gasteiger partial charge < -0.3 is 9.80 Å². The molecule has 5 rings (SSSR count). The van der Waals surface area contributed by atoms with Gasteiger partial charge in [0, 0.05) is 35.3 Å². The summed E-state index contributed by atoms with van der Waals surface area (Å²) in [4.78, 5) is 7.12. The summed E-state index contributed by atoms with van der Waals surface area (Å²) in [5.41, 5.74) is 7.35. The molecule has 0 unspecified atom stereocenters. The molecule has 0 aromatic heterocycles. The van der Waals surface area contributed by atoms with E-state index in [4.69, 9.17) is 0 Å². The van der Waals surface area contributed by atoms with E-state index in [1.54, 1.807) is 0 Å². The standard InChI is InChI=1S/C26H22N2S/c1-27(21-10-4-3-5-11-21)22-12-8-9-19(17-22)20-15-16-26-24(18-20)28(2)23-13-6-7-14-25(23)29-26/h3-18H,1-2H3. The fourth-order valence-corrected chi connectivity index (χ4v) is 4.94. The molecule has 0 saturated heterocycles. The van der Waals surface area contributed by atoms with Gasteiger partial charge in [-0.15, -0.1) is 0 Å². The number of hydrogen-bond donors (Lipinski definition) is 0. The third kappa shape index (κ3) is 3.28. The molecule has 0 saturated carbocycles. The van der Waals surface area contributed by atoms with E-state index in [0.29, 0.717) is 0 Å². The number of hydrogen-bond acceptors (Lipinski definition) is 3. The lowest BCUT2D eigenvalue weighted by atomic mass is 10.0. The molecule has 0 bridgehead atoms. The van der Waals surface area contributed by atoms with Crippen molar-refractivity contribution in [1.29, 1.82) is 0 Å². The fraction of sp³-hybridized carbons (Fsp3) is 0.0769. The minimum Gasteiger partial charge on any atom is -0.345 e. The van der Waals surface area contributed by atoms with Gasteiger partial charge >= 0.3 is 0 Å². The van der Waals surface area contributed by atoms with Crippen molar-refractivity contribution in [2.75, 3.05) is 23.9 Å². The molecule has 2 nitrogen and oxygen atoms in total. The molecule has 29 heavy (non-hydrogen) atoms. The lowest BCUT2D eigenvalue weighted by Crippen LogP contribution is -2.14. The number of rotatable bonds is 3. The van der Waals surface area contributed by atoms with E-state index in [-0.39, 0.29) is 0 Å². The fourth-order valence-electron chi connectivity index (χ4n) is 3.81. The van der Waals surface area contributed by atoms with Crippen LogP contribution in [0.1, 0.15) is 0 Å². The molecule has 0 fully saturated rings. The minimum atomic E-state index is 1.18. The first-order chi connectivity index (χ1) is 14.2. The lowest BCUT2D eigenvalue weighted by Gasteiger charge is -2.30. The second-order valence-electron chi connectivity index (χ2n) is 7.26. The summed E-state index contributed by atoms with van der Waals surface area (Å²) in [6.45, 7) is 0. The molecule has 1 heterocycles. The number of nitrogens with zero attached hydrogens (tertiary/aromatic N) is 2. The van der Waals surface area contributed by atoms with Gasteiger partial charge in [-0.1, -0.05) is 60.3 Å². The van der Waals surface area contributed by atoms with Crippen molar-refractivity contribution in [3.8, 4) is 11.1 Å². The summed E-state index contributed by atoms with van der Waals surface area (Å²) >= 11 is 1.85. The third-order valence-corrected chi connectivity index (χ3v) is 6.61. The molecular formula is C26H22N2S. The molecule has 0 radical (unpaired) electrons. The van der Waals surface area contributed by atoms with Crippen LogP contribution in [0.5, 0.6) is 0 Å². The smallest absolute Gasteiger partial charge is 0.0556 e. The Hall–Kier alpha value is -3.17. The van der Waals surface area contributed by atoms with E-state index in [1.807, 2.05) is 17.8 Å². The molecule has 0 atom stereocenters. The van der Waals surface area contributed by atoms with Crippen LogP contribution >= 0.6 is 11.8 Å². The van der Waals surface area contributed by atoms with Crippen molar-refractivity contribution in [2.45, 2.75) is 9.79 Å². The van der Waals surface area contributed by atoms with E-state index < -0.39 is 0 Å². The Morgan fingerprint density at radius 3 is 2.17 bits per heavy atom. The molecule has 3 heteroatoms. The zero-order chi connectivity index (χ0) is 19.8. The average molecular weight is 395 g/mol. The monoisotopic (exact) mass is 394 g/mol. The number of fused-ring (bicyclic) bond motifs is 2. The van der Waals surface area contributed by atoms with Crippen LogP contribution in [0, 0.1) is 0 Å². The van der Waals surface area contributed by atoms with E-state index in [1.165, 1.54) is 43.7 Å². The summed E-state index contributed by atoms with van der Waals surface area (Å²) in [5.74, 6) is 0. The van der Waals surface area contributed by atoms with Gasteiger partial charge in [0.25, 0.3) is 0 Å². The van der Waals surface area contributed by atoms with Crippen molar-refractivity contribution in [3.63, 3.8) is 0 Å². The molecule has 0 spiro atoms. The summed E-state index contributed by atoms with van der Waals surface area (Å²) in [6, 6.07) is 34.6. The number of benzene rings is 4. The maximum Gasteiger partial charge on any atom is 0.0556 e. The molecule has 0 N–H and O–H groups in total. The van der Waals surface area contributed by atoms with E-state index in [0.717, 1.165) is 0 Å². The summed E-state index contributed by atoms with van der Waals surface area (Å²) in [6.07, 6.45) is 0. The summed E-state index contributed by atoms with van der Waals surface area (Å²) in [7, 11) is 4.27.